The minimum Gasteiger partial charge on any atom is -0.476 e. The predicted molar refractivity (Wildman–Crippen MR) is 51.1 cm³/mol. The van der Waals surface area contributed by atoms with Crippen molar-refractivity contribution < 1.29 is 9.90 Å². The number of rotatable bonds is 2. The molecule has 0 aliphatic carbocycles. The summed E-state index contributed by atoms with van der Waals surface area (Å²) in [5.74, 6) is -0.824. The van der Waals surface area contributed by atoms with Crippen molar-refractivity contribution in [2.24, 2.45) is 0 Å². The molecular formula is C8H5ClN4O2. The summed E-state index contributed by atoms with van der Waals surface area (Å²) in [4.78, 5) is 18.3. The molecule has 0 aliphatic rings. The average molecular weight is 225 g/mol. The van der Waals surface area contributed by atoms with Gasteiger partial charge in [0.05, 0.1) is 17.4 Å². The van der Waals surface area contributed by atoms with Gasteiger partial charge >= 0.3 is 5.97 Å². The lowest BCUT2D eigenvalue weighted by Crippen LogP contribution is -2.04. The molecule has 2 rings (SSSR count). The molecule has 0 spiro atoms. The number of nitrogens with zero attached hydrogens (tertiary/aromatic N) is 4. The van der Waals surface area contributed by atoms with E-state index in [2.05, 4.69) is 15.1 Å². The van der Waals surface area contributed by atoms with Crippen molar-refractivity contribution >= 4 is 17.6 Å². The zero-order valence-corrected chi connectivity index (χ0v) is 8.09. The fourth-order valence-corrected chi connectivity index (χ4v) is 1.07. The number of aromatic carboxylic acids is 1. The van der Waals surface area contributed by atoms with Gasteiger partial charge in [-0.2, -0.15) is 5.10 Å². The summed E-state index contributed by atoms with van der Waals surface area (Å²) in [5, 5.41) is 12.8. The molecule has 2 aromatic rings. The average Bonchev–Trinajstić information content (AvgIpc) is 2.68. The minimum atomic E-state index is -1.09. The van der Waals surface area contributed by atoms with Crippen LogP contribution in [0.2, 0.25) is 5.02 Å². The van der Waals surface area contributed by atoms with E-state index in [1.807, 2.05) is 0 Å². The third-order valence-corrected chi connectivity index (χ3v) is 1.81. The van der Waals surface area contributed by atoms with Crippen LogP contribution in [0.1, 0.15) is 10.5 Å². The van der Waals surface area contributed by atoms with Gasteiger partial charge in [-0.15, -0.1) is 0 Å². The number of hydrogen-bond donors (Lipinski definition) is 1. The van der Waals surface area contributed by atoms with E-state index in [1.54, 1.807) is 0 Å². The Morgan fingerprint density at radius 1 is 1.40 bits per heavy atom. The van der Waals surface area contributed by atoms with E-state index in [0.29, 0.717) is 5.02 Å². The van der Waals surface area contributed by atoms with Gasteiger partial charge in [0.2, 0.25) is 0 Å². The van der Waals surface area contributed by atoms with Crippen molar-refractivity contribution in [2.75, 3.05) is 0 Å². The second-order valence-corrected chi connectivity index (χ2v) is 3.09. The standard InChI is InChI=1S/C8H5ClN4O2/c9-5-3-10-8(11-4-5)13-2-1-6(12-13)7(14)15/h1-4H,(H,14,15). The maximum absolute atomic E-state index is 10.6. The Labute approximate surface area is 89.2 Å². The number of carboxylic acid groups (broad SMARTS) is 1. The van der Waals surface area contributed by atoms with E-state index in [0.717, 1.165) is 0 Å². The van der Waals surface area contributed by atoms with Crippen molar-refractivity contribution in [3.05, 3.63) is 35.4 Å². The van der Waals surface area contributed by atoms with Gasteiger partial charge in [-0.05, 0) is 6.07 Å². The van der Waals surface area contributed by atoms with E-state index in [1.165, 1.54) is 29.3 Å². The second kappa shape index (κ2) is 3.66. The highest BCUT2D eigenvalue weighted by molar-refractivity contribution is 6.30. The SMILES string of the molecule is O=C(O)c1ccn(-c2ncc(Cl)cn2)n1. The van der Waals surface area contributed by atoms with Crippen molar-refractivity contribution in [3.63, 3.8) is 0 Å². The predicted octanol–water partition coefficient (Wildman–Crippen LogP) is 1.01. The summed E-state index contributed by atoms with van der Waals surface area (Å²) in [6.45, 7) is 0. The Bertz CT molecular complexity index is 494. The summed E-state index contributed by atoms with van der Waals surface area (Å²) in [5.41, 5.74) is -0.0615. The van der Waals surface area contributed by atoms with Crippen LogP contribution >= 0.6 is 11.6 Å². The third-order valence-electron chi connectivity index (χ3n) is 1.62. The molecule has 0 saturated carbocycles. The first-order chi connectivity index (χ1) is 7.16. The number of halogens is 1. The number of carbonyl (C=O) groups is 1. The molecule has 0 amide bonds. The molecule has 2 aromatic heterocycles. The van der Waals surface area contributed by atoms with Crippen LogP contribution in [0.25, 0.3) is 5.95 Å². The Kier molecular flexibility index (Phi) is 2.34. The van der Waals surface area contributed by atoms with E-state index in [9.17, 15) is 4.79 Å². The van der Waals surface area contributed by atoms with Crippen LogP contribution in [0.15, 0.2) is 24.7 Å². The van der Waals surface area contributed by atoms with Gasteiger partial charge in [0.15, 0.2) is 5.69 Å². The Hall–Kier alpha value is -1.95. The molecule has 0 aromatic carbocycles. The van der Waals surface area contributed by atoms with Crippen LogP contribution in [-0.4, -0.2) is 30.8 Å². The maximum Gasteiger partial charge on any atom is 0.356 e. The Morgan fingerprint density at radius 3 is 2.60 bits per heavy atom. The van der Waals surface area contributed by atoms with E-state index in [-0.39, 0.29) is 11.6 Å². The molecular weight excluding hydrogens is 220 g/mol. The highest BCUT2D eigenvalue weighted by atomic mass is 35.5. The van der Waals surface area contributed by atoms with Crippen molar-refractivity contribution in [1.29, 1.82) is 0 Å². The van der Waals surface area contributed by atoms with Gasteiger partial charge in [0, 0.05) is 6.20 Å². The van der Waals surface area contributed by atoms with Crippen LogP contribution in [0.3, 0.4) is 0 Å². The molecule has 6 nitrogen and oxygen atoms in total. The van der Waals surface area contributed by atoms with Crippen molar-refractivity contribution in [2.45, 2.75) is 0 Å². The second-order valence-electron chi connectivity index (χ2n) is 2.65. The quantitative estimate of drug-likeness (QED) is 0.824. The summed E-state index contributed by atoms with van der Waals surface area (Å²) in [7, 11) is 0. The topological polar surface area (TPSA) is 80.9 Å². The largest absolute Gasteiger partial charge is 0.476 e. The van der Waals surface area contributed by atoms with E-state index in [4.69, 9.17) is 16.7 Å². The first-order valence-electron chi connectivity index (χ1n) is 3.94. The molecule has 1 N–H and O–H groups in total. The summed E-state index contributed by atoms with van der Waals surface area (Å²) in [6, 6.07) is 1.36. The van der Waals surface area contributed by atoms with Gasteiger partial charge in [0.25, 0.3) is 5.95 Å². The monoisotopic (exact) mass is 224 g/mol. The van der Waals surface area contributed by atoms with Crippen molar-refractivity contribution in [3.8, 4) is 5.95 Å². The van der Waals surface area contributed by atoms with Crippen LogP contribution < -0.4 is 0 Å². The van der Waals surface area contributed by atoms with E-state index < -0.39 is 5.97 Å². The molecule has 0 bridgehead atoms. The first kappa shape index (κ1) is 9.60. The number of carboxylic acids is 1. The lowest BCUT2D eigenvalue weighted by molar-refractivity contribution is 0.0690. The van der Waals surface area contributed by atoms with Crippen LogP contribution in [-0.2, 0) is 0 Å². The zero-order valence-electron chi connectivity index (χ0n) is 7.33. The highest BCUT2D eigenvalue weighted by Crippen LogP contribution is 2.06. The van der Waals surface area contributed by atoms with Gasteiger partial charge < -0.3 is 5.11 Å². The molecule has 76 valence electrons. The van der Waals surface area contributed by atoms with Gasteiger partial charge in [0.1, 0.15) is 0 Å². The molecule has 0 fully saturated rings. The summed E-state index contributed by atoms with van der Waals surface area (Å²) in [6.07, 6.45) is 4.28. The summed E-state index contributed by atoms with van der Waals surface area (Å²) < 4.78 is 1.26. The van der Waals surface area contributed by atoms with Gasteiger partial charge in [-0.1, -0.05) is 11.6 Å². The molecule has 0 aliphatic heterocycles. The van der Waals surface area contributed by atoms with Crippen LogP contribution in [0.4, 0.5) is 0 Å². The fraction of sp³-hybridized carbons (Fsp3) is 0. The van der Waals surface area contributed by atoms with Gasteiger partial charge in [-0.3, -0.25) is 0 Å². The molecule has 0 radical (unpaired) electrons. The molecule has 2 heterocycles. The van der Waals surface area contributed by atoms with Crippen LogP contribution in [0, 0.1) is 0 Å². The van der Waals surface area contributed by atoms with Crippen LogP contribution in [0.5, 0.6) is 0 Å². The zero-order chi connectivity index (χ0) is 10.8. The lowest BCUT2D eigenvalue weighted by atomic mass is 10.5. The van der Waals surface area contributed by atoms with Crippen molar-refractivity contribution in [1.82, 2.24) is 19.7 Å². The van der Waals surface area contributed by atoms with E-state index >= 15 is 0 Å². The minimum absolute atomic E-state index is 0.0615. The lowest BCUT2D eigenvalue weighted by Gasteiger charge is -1.97. The molecule has 15 heavy (non-hydrogen) atoms. The first-order valence-corrected chi connectivity index (χ1v) is 4.31. The number of aromatic nitrogens is 4. The normalized spacial score (nSPS) is 10.2. The molecule has 0 saturated heterocycles. The Morgan fingerprint density at radius 2 is 2.07 bits per heavy atom. The fourth-order valence-electron chi connectivity index (χ4n) is 0.973. The maximum atomic E-state index is 10.6. The molecule has 7 heteroatoms. The highest BCUT2D eigenvalue weighted by Gasteiger charge is 2.08. The molecule has 0 unspecified atom stereocenters. The summed E-state index contributed by atoms with van der Waals surface area (Å²) >= 11 is 5.61. The third kappa shape index (κ3) is 1.94. The Balaban J connectivity index is 2.37. The smallest absolute Gasteiger partial charge is 0.356 e. The van der Waals surface area contributed by atoms with Gasteiger partial charge in [-0.25, -0.2) is 19.4 Å². The number of hydrogen-bond acceptors (Lipinski definition) is 4. The molecule has 0 atom stereocenters.